The molecule has 226 valence electrons. The molecule has 3 amide bonds. The minimum Gasteiger partial charge on any atom is -0.483 e. The standard InChI is InChI=1S/C29H18BrClF3N3O5S2/c30-14-4-9-19(42-12-20(38)35-16-3-1-2-13(10-16)29(32,33)34)18(11-14)21-22-24(43-25-23(21)44-28(41)36-25)27(40)37(26(22)39)17-7-5-15(31)6-8-17/h1-11,21-22,24H,12H2,(H,35,38)(H,36,41)/t21-,22?,24?/m1/s1. The number of nitrogens with zero attached hydrogens (tertiary/aromatic N) is 1. The number of alkyl halides is 3. The molecule has 3 atom stereocenters. The van der Waals surface area contributed by atoms with E-state index in [1.807, 2.05) is 0 Å². The largest absolute Gasteiger partial charge is 0.483 e. The summed E-state index contributed by atoms with van der Waals surface area (Å²) >= 11 is 11.5. The van der Waals surface area contributed by atoms with Crippen LogP contribution in [-0.4, -0.2) is 34.6 Å². The summed E-state index contributed by atoms with van der Waals surface area (Å²) < 4.78 is 45.8. The number of rotatable bonds is 6. The number of halogens is 5. The van der Waals surface area contributed by atoms with Crippen LogP contribution >= 0.6 is 50.6 Å². The number of benzene rings is 3. The molecule has 1 saturated heterocycles. The molecule has 3 aromatic carbocycles. The molecule has 15 heteroatoms. The van der Waals surface area contributed by atoms with Gasteiger partial charge in [0.05, 0.1) is 22.2 Å². The van der Waals surface area contributed by atoms with Crippen molar-refractivity contribution < 1.29 is 32.3 Å². The maximum absolute atomic E-state index is 14.0. The lowest BCUT2D eigenvalue weighted by Crippen LogP contribution is -2.32. The van der Waals surface area contributed by atoms with E-state index in [0.29, 0.717) is 30.6 Å². The molecule has 1 aromatic heterocycles. The van der Waals surface area contributed by atoms with Crippen molar-refractivity contribution in [2.75, 3.05) is 16.8 Å². The third-order valence-electron chi connectivity index (χ3n) is 7.05. The van der Waals surface area contributed by atoms with Crippen LogP contribution in [0.3, 0.4) is 0 Å². The SMILES string of the molecule is O=C(COc1ccc(Br)cc1[C@H]1c2sc(=O)[nH]c2SC2C(=O)N(c3ccc(Cl)cc3)C(=O)C21)Nc1cccc(C(F)(F)F)c1. The van der Waals surface area contributed by atoms with E-state index in [1.54, 1.807) is 42.5 Å². The van der Waals surface area contributed by atoms with E-state index in [-0.39, 0.29) is 16.3 Å². The fraction of sp³-hybridized carbons (Fsp3) is 0.172. The van der Waals surface area contributed by atoms with E-state index in [2.05, 4.69) is 26.2 Å². The highest BCUT2D eigenvalue weighted by Crippen LogP contribution is 2.54. The summed E-state index contributed by atoms with van der Waals surface area (Å²) in [5.41, 5.74) is -0.180. The normalized spacial score (nSPS) is 19.5. The third kappa shape index (κ3) is 5.78. The number of carbonyl (C=O) groups excluding carboxylic acids is 3. The van der Waals surface area contributed by atoms with Crippen molar-refractivity contribution >= 4 is 79.7 Å². The van der Waals surface area contributed by atoms with Gasteiger partial charge < -0.3 is 15.0 Å². The Morgan fingerprint density at radius 2 is 1.80 bits per heavy atom. The van der Waals surface area contributed by atoms with Crippen LogP contribution in [0, 0.1) is 5.92 Å². The zero-order valence-electron chi connectivity index (χ0n) is 22.0. The first kappa shape index (κ1) is 30.4. The predicted octanol–water partition coefficient (Wildman–Crippen LogP) is 6.68. The summed E-state index contributed by atoms with van der Waals surface area (Å²) in [6.07, 6.45) is -4.58. The van der Waals surface area contributed by atoms with Crippen LogP contribution in [0.25, 0.3) is 0 Å². The number of thioether (sulfide) groups is 1. The molecule has 2 aliphatic rings. The Balaban J connectivity index is 1.33. The number of nitrogens with one attached hydrogen (secondary N) is 2. The molecule has 0 aliphatic carbocycles. The molecule has 44 heavy (non-hydrogen) atoms. The number of aromatic amines is 1. The Morgan fingerprint density at radius 3 is 2.52 bits per heavy atom. The molecule has 0 bridgehead atoms. The van der Waals surface area contributed by atoms with Gasteiger partial charge in [0.25, 0.3) is 5.91 Å². The second kappa shape index (κ2) is 11.7. The van der Waals surface area contributed by atoms with Crippen LogP contribution in [0.15, 0.2) is 81.0 Å². The lowest BCUT2D eigenvalue weighted by molar-refractivity contribution is -0.137. The van der Waals surface area contributed by atoms with Gasteiger partial charge in [-0.05, 0) is 60.7 Å². The van der Waals surface area contributed by atoms with Crippen molar-refractivity contribution in [2.45, 2.75) is 22.4 Å². The summed E-state index contributed by atoms with van der Waals surface area (Å²) in [5, 5.41) is 2.42. The summed E-state index contributed by atoms with van der Waals surface area (Å²) in [7, 11) is 0. The second-order valence-corrected chi connectivity index (χ2v) is 13.4. The number of imide groups is 1. The van der Waals surface area contributed by atoms with E-state index in [4.69, 9.17) is 16.3 Å². The van der Waals surface area contributed by atoms with Gasteiger partial charge in [0.2, 0.25) is 11.8 Å². The number of H-pyrrole nitrogens is 1. The number of ether oxygens (including phenoxy) is 1. The number of thiazole rings is 1. The topological polar surface area (TPSA) is 109 Å². The van der Waals surface area contributed by atoms with Crippen LogP contribution in [0.1, 0.15) is 21.9 Å². The van der Waals surface area contributed by atoms with Gasteiger partial charge in [0.15, 0.2) is 6.61 Å². The zero-order valence-corrected chi connectivity index (χ0v) is 26.0. The third-order valence-corrected chi connectivity index (χ3v) is 10.2. The average molecular weight is 725 g/mol. The highest BCUT2D eigenvalue weighted by Gasteiger charge is 2.56. The monoisotopic (exact) mass is 723 g/mol. The van der Waals surface area contributed by atoms with E-state index in [9.17, 15) is 32.3 Å². The number of anilines is 2. The van der Waals surface area contributed by atoms with Gasteiger partial charge in [-0.1, -0.05) is 56.7 Å². The lowest BCUT2D eigenvalue weighted by atomic mass is 9.82. The second-order valence-electron chi connectivity index (χ2n) is 9.84. The molecular formula is C29H18BrClF3N3O5S2. The number of hydrogen-bond donors (Lipinski definition) is 2. The minimum atomic E-state index is -4.58. The molecule has 8 nitrogen and oxygen atoms in total. The first-order chi connectivity index (χ1) is 20.9. The van der Waals surface area contributed by atoms with Crippen molar-refractivity contribution in [1.29, 1.82) is 0 Å². The van der Waals surface area contributed by atoms with Crippen molar-refractivity contribution in [2.24, 2.45) is 5.92 Å². The highest BCUT2D eigenvalue weighted by atomic mass is 79.9. The summed E-state index contributed by atoms with van der Waals surface area (Å²) in [6, 6.07) is 15.4. The Hall–Kier alpha value is -3.59. The smallest absolute Gasteiger partial charge is 0.416 e. The molecule has 3 heterocycles. The van der Waals surface area contributed by atoms with Gasteiger partial charge in [-0.3, -0.25) is 19.2 Å². The van der Waals surface area contributed by atoms with Crippen LogP contribution in [0.5, 0.6) is 5.75 Å². The fourth-order valence-electron chi connectivity index (χ4n) is 5.20. The first-order valence-electron chi connectivity index (χ1n) is 12.8. The Kier molecular flexibility index (Phi) is 8.11. The van der Waals surface area contributed by atoms with Gasteiger partial charge in [-0.2, -0.15) is 13.2 Å². The van der Waals surface area contributed by atoms with Crippen molar-refractivity contribution in [3.05, 3.63) is 102 Å². The highest BCUT2D eigenvalue weighted by molar-refractivity contribution is 9.10. The van der Waals surface area contributed by atoms with E-state index >= 15 is 0 Å². The molecule has 0 saturated carbocycles. The van der Waals surface area contributed by atoms with Gasteiger partial charge >= 0.3 is 11.0 Å². The maximum atomic E-state index is 14.0. The number of hydrogen-bond acceptors (Lipinski definition) is 7. The first-order valence-corrected chi connectivity index (χ1v) is 15.7. The van der Waals surface area contributed by atoms with Crippen molar-refractivity contribution in [3.8, 4) is 5.75 Å². The van der Waals surface area contributed by atoms with Gasteiger partial charge in [0, 0.05) is 31.5 Å². The summed E-state index contributed by atoms with van der Waals surface area (Å²) in [6.45, 7) is -0.569. The number of fused-ring (bicyclic) bond motifs is 2. The Labute approximate surface area is 268 Å². The molecule has 2 aliphatic heterocycles. The van der Waals surface area contributed by atoms with Gasteiger partial charge in [-0.25, -0.2) is 4.90 Å². The fourth-order valence-corrected chi connectivity index (χ4v) is 8.22. The number of amides is 3. The van der Waals surface area contributed by atoms with E-state index < -0.39 is 53.2 Å². The quantitative estimate of drug-likeness (QED) is 0.215. The predicted molar refractivity (Wildman–Crippen MR) is 164 cm³/mol. The van der Waals surface area contributed by atoms with Crippen LogP contribution in [0.4, 0.5) is 24.5 Å². The minimum absolute atomic E-state index is 0.0595. The Bertz CT molecular complexity index is 1860. The van der Waals surface area contributed by atoms with Crippen LogP contribution in [0.2, 0.25) is 5.02 Å². The van der Waals surface area contributed by atoms with E-state index in [0.717, 1.165) is 40.1 Å². The van der Waals surface area contributed by atoms with Gasteiger partial charge in [-0.15, -0.1) is 0 Å². The van der Waals surface area contributed by atoms with Crippen LogP contribution in [-0.2, 0) is 20.6 Å². The van der Waals surface area contributed by atoms with Crippen molar-refractivity contribution in [1.82, 2.24) is 4.98 Å². The molecule has 4 aromatic rings. The molecule has 0 radical (unpaired) electrons. The van der Waals surface area contributed by atoms with Gasteiger partial charge in [0.1, 0.15) is 11.0 Å². The van der Waals surface area contributed by atoms with Crippen molar-refractivity contribution in [3.63, 3.8) is 0 Å². The molecule has 2 N–H and O–H groups in total. The summed E-state index contributed by atoms with van der Waals surface area (Å²) in [4.78, 5) is 56.9. The number of carbonyl (C=O) groups is 3. The van der Waals surface area contributed by atoms with Crippen LogP contribution < -0.4 is 19.8 Å². The number of aromatic nitrogens is 1. The Morgan fingerprint density at radius 1 is 1.05 bits per heavy atom. The molecular weight excluding hydrogens is 707 g/mol. The molecule has 1 fully saturated rings. The zero-order chi connectivity index (χ0) is 31.3. The maximum Gasteiger partial charge on any atom is 0.416 e. The molecule has 2 unspecified atom stereocenters. The average Bonchev–Trinajstić information content (AvgIpc) is 3.46. The molecule has 6 rings (SSSR count). The molecule has 0 spiro atoms. The van der Waals surface area contributed by atoms with E-state index in [1.165, 1.54) is 12.1 Å². The summed E-state index contributed by atoms with van der Waals surface area (Å²) in [5.74, 6) is -3.17. The lowest BCUT2D eigenvalue weighted by Gasteiger charge is -2.31.